The Morgan fingerprint density at radius 2 is 1.86 bits per heavy atom. The summed E-state index contributed by atoms with van der Waals surface area (Å²) in [6.07, 6.45) is 2.74. The maximum atomic E-state index is 12.6. The van der Waals surface area contributed by atoms with Crippen LogP contribution >= 0.6 is 15.9 Å². The summed E-state index contributed by atoms with van der Waals surface area (Å²) < 4.78 is 0.952. The fourth-order valence-electron chi connectivity index (χ4n) is 2.86. The molecule has 1 aromatic carbocycles. The molecule has 1 saturated carbocycles. The Balaban J connectivity index is 1.98. The van der Waals surface area contributed by atoms with Crippen LogP contribution in [0.2, 0.25) is 0 Å². The lowest BCUT2D eigenvalue weighted by molar-refractivity contribution is -0.142. The van der Waals surface area contributed by atoms with Crippen molar-refractivity contribution in [1.82, 2.24) is 5.32 Å². The number of carboxylic acid groups (broad SMARTS) is 1. The van der Waals surface area contributed by atoms with Crippen molar-refractivity contribution in [2.24, 2.45) is 5.92 Å². The lowest BCUT2D eigenvalue weighted by atomic mass is 9.82. The quantitative estimate of drug-likeness (QED) is 0.855. The molecule has 1 aromatic rings. The van der Waals surface area contributed by atoms with Crippen molar-refractivity contribution in [3.63, 3.8) is 0 Å². The molecule has 1 fully saturated rings. The third kappa shape index (κ3) is 3.88. The second-order valence-electron chi connectivity index (χ2n) is 6.50. The zero-order valence-electron chi connectivity index (χ0n) is 12.9. The van der Waals surface area contributed by atoms with E-state index in [1.165, 1.54) is 0 Å². The molecule has 1 amide bonds. The van der Waals surface area contributed by atoms with Gasteiger partial charge in [0.15, 0.2) is 0 Å². The molecule has 5 heteroatoms. The topological polar surface area (TPSA) is 66.4 Å². The number of benzene rings is 1. The molecule has 0 spiro atoms. The van der Waals surface area contributed by atoms with Gasteiger partial charge in [-0.2, -0.15) is 0 Å². The molecule has 120 valence electrons. The van der Waals surface area contributed by atoms with Crippen molar-refractivity contribution in [3.8, 4) is 0 Å². The van der Waals surface area contributed by atoms with Gasteiger partial charge in [-0.05, 0) is 57.2 Å². The van der Waals surface area contributed by atoms with Gasteiger partial charge in [0.25, 0.3) is 0 Å². The minimum Gasteiger partial charge on any atom is -0.481 e. The molecule has 0 bridgehead atoms. The molecule has 0 aliphatic heterocycles. The normalized spacial score (nSPS) is 22.1. The van der Waals surface area contributed by atoms with Crippen LogP contribution in [0.3, 0.4) is 0 Å². The Morgan fingerprint density at radius 1 is 1.23 bits per heavy atom. The van der Waals surface area contributed by atoms with Gasteiger partial charge < -0.3 is 10.4 Å². The predicted octanol–water partition coefficient (Wildman–Crippen LogP) is 3.49. The standard InChI is InChI=1S/C17H22BrNO3/c1-17(2,12-4-3-5-13(18)10-12)16(22)19-14-8-6-11(7-9-14)15(20)21/h3-5,10-11,14H,6-9H2,1-2H3,(H,19,22)(H,20,21). The van der Waals surface area contributed by atoms with Crippen LogP contribution in [-0.4, -0.2) is 23.0 Å². The maximum absolute atomic E-state index is 12.6. The summed E-state index contributed by atoms with van der Waals surface area (Å²) in [7, 11) is 0. The fourth-order valence-corrected chi connectivity index (χ4v) is 3.26. The van der Waals surface area contributed by atoms with Gasteiger partial charge in [-0.15, -0.1) is 0 Å². The van der Waals surface area contributed by atoms with Crippen LogP contribution in [0.1, 0.15) is 45.1 Å². The van der Waals surface area contributed by atoms with E-state index in [2.05, 4.69) is 21.2 Å². The number of hydrogen-bond donors (Lipinski definition) is 2. The van der Waals surface area contributed by atoms with E-state index in [0.717, 1.165) is 22.9 Å². The molecule has 4 nitrogen and oxygen atoms in total. The number of rotatable bonds is 4. The van der Waals surface area contributed by atoms with Crippen LogP contribution in [0, 0.1) is 5.92 Å². The monoisotopic (exact) mass is 367 g/mol. The highest BCUT2D eigenvalue weighted by Crippen LogP contribution is 2.28. The van der Waals surface area contributed by atoms with E-state index < -0.39 is 11.4 Å². The average molecular weight is 368 g/mol. The third-order valence-electron chi connectivity index (χ3n) is 4.53. The second-order valence-corrected chi connectivity index (χ2v) is 7.41. The predicted molar refractivity (Wildman–Crippen MR) is 88.7 cm³/mol. The number of hydrogen-bond acceptors (Lipinski definition) is 2. The van der Waals surface area contributed by atoms with Crippen molar-refractivity contribution in [2.75, 3.05) is 0 Å². The van der Waals surface area contributed by atoms with E-state index in [4.69, 9.17) is 5.11 Å². The molecule has 0 heterocycles. The van der Waals surface area contributed by atoms with Crippen LogP contribution < -0.4 is 5.32 Å². The highest BCUT2D eigenvalue weighted by atomic mass is 79.9. The lowest BCUT2D eigenvalue weighted by Crippen LogP contribution is -2.46. The summed E-state index contributed by atoms with van der Waals surface area (Å²) >= 11 is 3.44. The Labute approximate surface area is 139 Å². The first-order valence-electron chi connectivity index (χ1n) is 7.60. The number of amides is 1. The molecule has 2 rings (SSSR count). The summed E-state index contributed by atoms with van der Waals surface area (Å²) in [5.74, 6) is -0.991. The van der Waals surface area contributed by atoms with Gasteiger partial charge in [-0.25, -0.2) is 0 Å². The highest BCUT2D eigenvalue weighted by molar-refractivity contribution is 9.10. The zero-order chi connectivity index (χ0) is 16.3. The largest absolute Gasteiger partial charge is 0.481 e. The van der Waals surface area contributed by atoms with E-state index in [9.17, 15) is 9.59 Å². The first kappa shape index (κ1) is 17.0. The number of carbonyl (C=O) groups excluding carboxylic acids is 1. The minimum atomic E-state index is -0.723. The molecule has 0 radical (unpaired) electrons. The minimum absolute atomic E-state index is 0.00984. The number of nitrogens with one attached hydrogen (secondary N) is 1. The summed E-state index contributed by atoms with van der Waals surface area (Å²) in [4.78, 5) is 23.6. The Morgan fingerprint density at radius 3 is 2.41 bits per heavy atom. The van der Waals surface area contributed by atoms with Crippen molar-refractivity contribution in [3.05, 3.63) is 34.3 Å². The molecule has 0 saturated heterocycles. The smallest absolute Gasteiger partial charge is 0.306 e. The Bertz CT molecular complexity index is 563. The van der Waals surface area contributed by atoms with Crippen molar-refractivity contribution in [1.29, 1.82) is 0 Å². The molecule has 1 aliphatic rings. The molecular formula is C17H22BrNO3. The van der Waals surface area contributed by atoms with Crippen LogP contribution in [0.5, 0.6) is 0 Å². The molecule has 1 aliphatic carbocycles. The first-order chi connectivity index (χ1) is 10.3. The molecule has 0 aromatic heterocycles. The third-order valence-corrected chi connectivity index (χ3v) is 5.02. The van der Waals surface area contributed by atoms with Gasteiger partial charge in [-0.3, -0.25) is 9.59 Å². The summed E-state index contributed by atoms with van der Waals surface area (Å²) in [5, 5.41) is 12.1. The molecular weight excluding hydrogens is 346 g/mol. The maximum Gasteiger partial charge on any atom is 0.306 e. The van der Waals surface area contributed by atoms with Gasteiger partial charge in [0, 0.05) is 10.5 Å². The summed E-state index contributed by atoms with van der Waals surface area (Å²) in [6.45, 7) is 3.82. The van der Waals surface area contributed by atoms with E-state index in [1.54, 1.807) is 0 Å². The van der Waals surface area contributed by atoms with Gasteiger partial charge >= 0.3 is 5.97 Å². The van der Waals surface area contributed by atoms with Gasteiger partial charge in [0.2, 0.25) is 5.91 Å². The van der Waals surface area contributed by atoms with Gasteiger partial charge in [0.1, 0.15) is 0 Å². The zero-order valence-corrected chi connectivity index (χ0v) is 14.5. The van der Waals surface area contributed by atoms with Crippen molar-refractivity contribution >= 4 is 27.8 Å². The summed E-state index contributed by atoms with van der Waals surface area (Å²) in [5.41, 5.74) is 0.339. The number of aliphatic carboxylic acids is 1. The van der Waals surface area contributed by atoms with Gasteiger partial charge in [-0.1, -0.05) is 28.1 Å². The van der Waals surface area contributed by atoms with Crippen molar-refractivity contribution in [2.45, 2.75) is 51.0 Å². The number of carbonyl (C=O) groups is 2. The number of halogens is 1. The summed E-state index contributed by atoms with van der Waals surface area (Å²) in [6, 6.07) is 7.85. The van der Waals surface area contributed by atoms with Crippen LogP contribution in [0.25, 0.3) is 0 Å². The van der Waals surface area contributed by atoms with Crippen LogP contribution in [0.4, 0.5) is 0 Å². The molecule has 0 unspecified atom stereocenters. The Kier molecular flexibility index (Phi) is 5.27. The van der Waals surface area contributed by atoms with E-state index in [1.807, 2.05) is 38.1 Å². The SMILES string of the molecule is CC(C)(C(=O)NC1CCC(C(=O)O)CC1)c1cccc(Br)c1. The van der Waals surface area contributed by atoms with E-state index in [0.29, 0.717) is 12.8 Å². The number of carboxylic acids is 1. The molecule has 22 heavy (non-hydrogen) atoms. The molecule has 0 atom stereocenters. The highest BCUT2D eigenvalue weighted by Gasteiger charge is 2.33. The fraction of sp³-hybridized carbons (Fsp3) is 0.529. The molecule has 2 N–H and O–H groups in total. The lowest BCUT2D eigenvalue weighted by Gasteiger charge is -2.31. The van der Waals surface area contributed by atoms with Gasteiger partial charge in [0.05, 0.1) is 11.3 Å². The first-order valence-corrected chi connectivity index (χ1v) is 8.40. The van der Waals surface area contributed by atoms with Crippen molar-refractivity contribution < 1.29 is 14.7 Å². The van der Waals surface area contributed by atoms with E-state index in [-0.39, 0.29) is 17.9 Å². The Hall–Kier alpha value is -1.36. The van der Waals surface area contributed by atoms with E-state index >= 15 is 0 Å². The van der Waals surface area contributed by atoms with Crippen LogP contribution in [-0.2, 0) is 15.0 Å². The van der Waals surface area contributed by atoms with Crippen LogP contribution in [0.15, 0.2) is 28.7 Å². The average Bonchev–Trinajstić information content (AvgIpc) is 2.47. The second kappa shape index (κ2) is 6.82.